The molecule has 1 aromatic carbocycles. The Bertz CT molecular complexity index is 508. The fraction of sp³-hybridized carbons (Fsp3) is 0. The van der Waals surface area contributed by atoms with E-state index in [1.54, 1.807) is 12.1 Å². The summed E-state index contributed by atoms with van der Waals surface area (Å²) in [6, 6.07) is 7.27. The lowest BCUT2D eigenvalue weighted by molar-refractivity contribution is 1.37. The number of nitrogens with one attached hydrogen (secondary N) is 1. The van der Waals surface area contributed by atoms with E-state index in [2.05, 4.69) is 4.98 Å². The molecule has 0 saturated heterocycles. The molecule has 0 aliphatic carbocycles. The second-order valence-corrected chi connectivity index (χ2v) is 3.41. The molecule has 2 aromatic rings. The fourth-order valence-electron chi connectivity index (χ4n) is 1.20. The maximum absolute atomic E-state index is 8.64. The molecule has 0 saturated carbocycles. The van der Waals surface area contributed by atoms with Crippen LogP contribution in [0.3, 0.4) is 0 Å². The van der Waals surface area contributed by atoms with Crippen LogP contribution in [0.5, 0.6) is 0 Å². The largest absolute Gasteiger partial charge is 0.345 e. The molecule has 0 amide bonds. The van der Waals surface area contributed by atoms with Crippen molar-refractivity contribution in [2.24, 2.45) is 0 Å². The molecule has 0 bridgehead atoms. The van der Waals surface area contributed by atoms with Crippen molar-refractivity contribution < 1.29 is 0 Å². The van der Waals surface area contributed by atoms with Gasteiger partial charge < -0.3 is 4.98 Å². The van der Waals surface area contributed by atoms with Crippen molar-refractivity contribution in [3.8, 4) is 6.07 Å². The Morgan fingerprint density at radius 2 is 2.08 bits per heavy atom. The number of hydrogen-bond donors (Lipinski definition) is 1. The molecule has 1 aromatic heterocycles. The van der Waals surface area contributed by atoms with E-state index in [1.165, 1.54) is 0 Å². The molecular formula is C9H4Cl2N2. The SMILES string of the molecule is N#Cc1cc2ccc(Cl)c(Cl)c2[nH]1. The van der Waals surface area contributed by atoms with Gasteiger partial charge in [-0.15, -0.1) is 0 Å². The third-order valence-electron chi connectivity index (χ3n) is 1.81. The zero-order valence-electron chi connectivity index (χ0n) is 6.44. The number of rotatable bonds is 0. The highest BCUT2D eigenvalue weighted by Crippen LogP contribution is 2.30. The molecule has 2 rings (SSSR count). The molecule has 13 heavy (non-hydrogen) atoms. The van der Waals surface area contributed by atoms with Gasteiger partial charge in [0, 0.05) is 5.39 Å². The van der Waals surface area contributed by atoms with Crippen LogP contribution in [0.25, 0.3) is 10.9 Å². The number of aromatic amines is 1. The van der Waals surface area contributed by atoms with E-state index in [-0.39, 0.29) is 0 Å². The first kappa shape index (κ1) is 8.43. The third kappa shape index (κ3) is 1.27. The van der Waals surface area contributed by atoms with Crippen molar-refractivity contribution in [1.29, 1.82) is 5.26 Å². The Labute approximate surface area is 84.7 Å². The van der Waals surface area contributed by atoms with Crippen molar-refractivity contribution in [2.45, 2.75) is 0 Å². The summed E-state index contributed by atoms with van der Waals surface area (Å²) < 4.78 is 0. The predicted octanol–water partition coefficient (Wildman–Crippen LogP) is 3.35. The number of H-pyrrole nitrogens is 1. The topological polar surface area (TPSA) is 39.6 Å². The quantitative estimate of drug-likeness (QED) is 0.712. The maximum atomic E-state index is 8.64. The maximum Gasteiger partial charge on any atom is 0.118 e. The summed E-state index contributed by atoms with van der Waals surface area (Å²) in [7, 11) is 0. The summed E-state index contributed by atoms with van der Waals surface area (Å²) >= 11 is 11.7. The third-order valence-corrected chi connectivity index (χ3v) is 2.61. The molecule has 4 heteroatoms. The van der Waals surface area contributed by atoms with Crippen LogP contribution in [0.15, 0.2) is 18.2 Å². The summed E-state index contributed by atoms with van der Waals surface area (Å²) in [5.41, 5.74) is 1.20. The molecule has 0 atom stereocenters. The molecule has 2 nitrogen and oxygen atoms in total. The van der Waals surface area contributed by atoms with Gasteiger partial charge in [0.15, 0.2) is 0 Å². The van der Waals surface area contributed by atoms with Crippen LogP contribution in [0, 0.1) is 11.3 Å². The van der Waals surface area contributed by atoms with Crippen LogP contribution in [0.2, 0.25) is 10.0 Å². The lowest BCUT2D eigenvalue weighted by Crippen LogP contribution is -1.73. The summed E-state index contributed by atoms with van der Waals surface area (Å²) in [6.45, 7) is 0. The van der Waals surface area contributed by atoms with Crippen LogP contribution < -0.4 is 0 Å². The molecule has 0 spiro atoms. The molecule has 64 valence electrons. The van der Waals surface area contributed by atoms with Crippen LogP contribution in [0.1, 0.15) is 5.69 Å². The number of nitriles is 1. The lowest BCUT2D eigenvalue weighted by atomic mass is 10.2. The van der Waals surface area contributed by atoms with Gasteiger partial charge in [-0.1, -0.05) is 29.3 Å². The minimum atomic E-state index is 0.459. The van der Waals surface area contributed by atoms with Gasteiger partial charge in [0.2, 0.25) is 0 Å². The first-order chi connectivity index (χ1) is 6.22. The Morgan fingerprint density at radius 3 is 2.77 bits per heavy atom. The van der Waals surface area contributed by atoms with Gasteiger partial charge in [-0.05, 0) is 12.1 Å². The summed E-state index contributed by atoms with van der Waals surface area (Å²) in [6.07, 6.45) is 0. The molecule has 0 fully saturated rings. The van der Waals surface area contributed by atoms with Gasteiger partial charge in [0.25, 0.3) is 0 Å². The second-order valence-electron chi connectivity index (χ2n) is 2.62. The number of benzene rings is 1. The minimum absolute atomic E-state index is 0.459. The molecule has 0 radical (unpaired) electrons. The average molecular weight is 211 g/mol. The van der Waals surface area contributed by atoms with Gasteiger partial charge >= 0.3 is 0 Å². The molecule has 0 aliphatic heterocycles. The Balaban J connectivity index is 2.86. The number of halogens is 2. The normalized spacial score (nSPS) is 10.2. The van der Waals surface area contributed by atoms with Crippen molar-refractivity contribution >= 4 is 34.1 Å². The van der Waals surface area contributed by atoms with E-state index in [9.17, 15) is 0 Å². The number of nitrogens with zero attached hydrogens (tertiary/aromatic N) is 1. The van der Waals surface area contributed by atoms with Gasteiger partial charge in [-0.25, -0.2) is 0 Å². The fourth-order valence-corrected chi connectivity index (χ4v) is 1.58. The standard InChI is InChI=1S/C9H4Cl2N2/c10-7-2-1-5-3-6(4-12)13-9(5)8(7)11/h1-3,13H. The van der Waals surface area contributed by atoms with Crippen LogP contribution in [0.4, 0.5) is 0 Å². The summed E-state index contributed by atoms with van der Waals surface area (Å²) in [5, 5.41) is 10.5. The van der Waals surface area contributed by atoms with Crippen molar-refractivity contribution in [2.75, 3.05) is 0 Å². The monoisotopic (exact) mass is 210 g/mol. The molecule has 0 unspecified atom stereocenters. The van der Waals surface area contributed by atoms with Crippen molar-refractivity contribution in [3.05, 3.63) is 33.9 Å². The van der Waals surface area contributed by atoms with E-state index < -0.39 is 0 Å². The molecule has 1 heterocycles. The average Bonchev–Trinajstić information content (AvgIpc) is 2.55. The number of fused-ring (bicyclic) bond motifs is 1. The molecular weight excluding hydrogens is 207 g/mol. The van der Waals surface area contributed by atoms with E-state index in [1.807, 2.05) is 12.1 Å². The second kappa shape index (κ2) is 2.95. The van der Waals surface area contributed by atoms with Crippen LogP contribution in [-0.2, 0) is 0 Å². The zero-order valence-corrected chi connectivity index (χ0v) is 7.95. The molecule has 0 aliphatic rings. The Hall–Kier alpha value is -1.17. The van der Waals surface area contributed by atoms with E-state index in [0.29, 0.717) is 21.3 Å². The summed E-state index contributed by atoms with van der Waals surface area (Å²) in [5.74, 6) is 0. The van der Waals surface area contributed by atoms with Crippen molar-refractivity contribution in [3.63, 3.8) is 0 Å². The van der Waals surface area contributed by atoms with E-state index >= 15 is 0 Å². The Morgan fingerprint density at radius 1 is 1.31 bits per heavy atom. The first-order valence-electron chi connectivity index (χ1n) is 3.59. The van der Waals surface area contributed by atoms with Gasteiger partial charge in [-0.2, -0.15) is 5.26 Å². The predicted molar refractivity (Wildman–Crippen MR) is 53.0 cm³/mol. The van der Waals surface area contributed by atoms with Crippen LogP contribution >= 0.6 is 23.2 Å². The highest BCUT2D eigenvalue weighted by atomic mass is 35.5. The van der Waals surface area contributed by atoms with Gasteiger partial charge in [0.05, 0.1) is 15.6 Å². The van der Waals surface area contributed by atoms with Gasteiger partial charge in [-0.3, -0.25) is 0 Å². The zero-order chi connectivity index (χ0) is 9.42. The lowest BCUT2D eigenvalue weighted by Gasteiger charge is -1.95. The van der Waals surface area contributed by atoms with E-state index in [0.717, 1.165) is 5.39 Å². The first-order valence-corrected chi connectivity index (χ1v) is 4.35. The molecule has 1 N–H and O–H groups in total. The summed E-state index contributed by atoms with van der Waals surface area (Å²) in [4.78, 5) is 2.88. The highest BCUT2D eigenvalue weighted by molar-refractivity contribution is 6.45. The Kier molecular flexibility index (Phi) is 1.91. The smallest absolute Gasteiger partial charge is 0.118 e. The highest BCUT2D eigenvalue weighted by Gasteiger charge is 2.06. The van der Waals surface area contributed by atoms with Crippen LogP contribution in [-0.4, -0.2) is 4.98 Å². The number of aromatic nitrogens is 1. The van der Waals surface area contributed by atoms with Crippen molar-refractivity contribution in [1.82, 2.24) is 4.98 Å². The number of hydrogen-bond acceptors (Lipinski definition) is 1. The van der Waals surface area contributed by atoms with Gasteiger partial charge in [0.1, 0.15) is 11.8 Å². The minimum Gasteiger partial charge on any atom is -0.345 e. The van der Waals surface area contributed by atoms with E-state index in [4.69, 9.17) is 28.5 Å².